The van der Waals surface area contributed by atoms with Crippen molar-refractivity contribution >= 4 is 5.91 Å². The Morgan fingerprint density at radius 2 is 2.37 bits per heavy atom. The lowest BCUT2D eigenvalue weighted by molar-refractivity contribution is -0.0113. The number of ether oxygens (including phenoxy) is 2. The number of primary amides is 1. The molecule has 0 aliphatic carbocycles. The topological polar surface area (TPSA) is 77.7 Å². The molecule has 2 aliphatic heterocycles. The first-order valence-electron chi connectivity index (χ1n) is 6.46. The largest absolute Gasteiger partial charge is 0.488 e. The van der Waals surface area contributed by atoms with Gasteiger partial charge in [0.1, 0.15) is 17.5 Å². The summed E-state index contributed by atoms with van der Waals surface area (Å²) in [7, 11) is 0. The number of rotatable bonds is 4. The Bertz CT molecular complexity index is 468. The van der Waals surface area contributed by atoms with Crippen LogP contribution in [0.1, 0.15) is 16.9 Å². The van der Waals surface area contributed by atoms with E-state index in [-0.39, 0.29) is 11.8 Å². The van der Waals surface area contributed by atoms with Crippen LogP contribution in [-0.4, -0.2) is 54.2 Å². The molecule has 3 heterocycles. The average Bonchev–Trinajstić information content (AvgIpc) is 2.87. The van der Waals surface area contributed by atoms with Crippen molar-refractivity contribution in [2.24, 2.45) is 5.73 Å². The van der Waals surface area contributed by atoms with Crippen LogP contribution in [-0.2, 0) is 4.74 Å². The van der Waals surface area contributed by atoms with Gasteiger partial charge < -0.3 is 15.2 Å². The molecule has 19 heavy (non-hydrogen) atoms. The van der Waals surface area contributed by atoms with Crippen molar-refractivity contribution in [3.63, 3.8) is 0 Å². The lowest BCUT2D eigenvalue weighted by Gasteiger charge is -2.42. The van der Waals surface area contributed by atoms with Crippen LogP contribution in [0, 0.1) is 0 Å². The van der Waals surface area contributed by atoms with Crippen LogP contribution in [0.25, 0.3) is 0 Å². The molecule has 1 aromatic heterocycles. The van der Waals surface area contributed by atoms with Gasteiger partial charge in [-0.2, -0.15) is 0 Å². The van der Waals surface area contributed by atoms with Gasteiger partial charge in [0.25, 0.3) is 5.91 Å². The molecule has 0 saturated carbocycles. The van der Waals surface area contributed by atoms with Crippen molar-refractivity contribution in [1.29, 1.82) is 0 Å². The first-order chi connectivity index (χ1) is 9.22. The Labute approximate surface area is 111 Å². The van der Waals surface area contributed by atoms with Crippen molar-refractivity contribution in [3.8, 4) is 5.75 Å². The van der Waals surface area contributed by atoms with Crippen LogP contribution >= 0.6 is 0 Å². The second-order valence-electron chi connectivity index (χ2n) is 4.95. The van der Waals surface area contributed by atoms with E-state index in [9.17, 15) is 4.79 Å². The molecule has 2 fully saturated rings. The van der Waals surface area contributed by atoms with E-state index < -0.39 is 5.91 Å². The number of likely N-dealkylation sites (tertiary alicyclic amines) is 1. The number of hydrogen-bond acceptors (Lipinski definition) is 5. The number of amides is 1. The molecule has 1 aromatic rings. The van der Waals surface area contributed by atoms with Crippen LogP contribution in [0.15, 0.2) is 18.3 Å². The molecule has 1 amide bonds. The molecule has 2 aliphatic rings. The molecule has 2 N–H and O–H groups in total. The van der Waals surface area contributed by atoms with Crippen molar-refractivity contribution in [3.05, 3.63) is 24.0 Å². The Morgan fingerprint density at radius 3 is 3.05 bits per heavy atom. The van der Waals surface area contributed by atoms with E-state index in [1.807, 2.05) is 0 Å². The summed E-state index contributed by atoms with van der Waals surface area (Å²) >= 11 is 0. The quantitative estimate of drug-likeness (QED) is 0.829. The molecule has 1 unspecified atom stereocenters. The maximum Gasteiger partial charge on any atom is 0.267 e. The van der Waals surface area contributed by atoms with Gasteiger partial charge in [-0.25, -0.2) is 0 Å². The van der Waals surface area contributed by atoms with Gasteiger partial charge in [-0.05, 0) is 12.5 Å². The standard InChI is InChI=1S/C13H17N3O3/c14-13(17)12-5-10(1-3-15-12)19-11-6-16(7-11)9-2-4-18-8-9/h1,3,5,9,11H,2,4,6-8H2,(H2,14,17). The predicted octanol–water partition coefficient (Wildman–Crippen LogP) is 0.0324. The number of nitrogens with zero attached hydrogens (tertiary/aromatic N) is 2. The summed E-state index contributed by atoms with van der Waals surface area (Å²) in [5.74, 6) is 0.111. The van der Waals surface area contributed by atoms with E-state index in [1.165, 1.54) is 6.20 Å². The maximum absolute atomic E-state index is 11.0. The third-order valence-electron chi connectivity index (χ3n) is 3.58. The number of aromatic nitrogens is 1. The summed E-state index contributed by atoms with van der Waals surface area (Å²) < 4.78 is 11.2. The monoisotopic (exact) mass is 263 g/mol. The fraction of sp³-hybridized carbons (Fsp3) is 0.538. The van der Waals surface area contributed by atoms with Crippen LogP contribution in [0.5, 0.6) is 5.75 Å². The lowest BCUT2D eigenvalue weighted by atomic mass is 10.1. The third kappa shape index (κ3) is 2.69. The highest BCUT2D eigenvalue weighted by molar-refractivity contribution is 5.91. The Morgan fingerprint density at radius 1 is 1.53 bits per heavy atom. The van der Waals surface area contributed by atoms with Gasteiger partial charge in [0.15, 0.2) is 0 Å². The summed E-state index contributed by atoms with van der Waals surface area (Å²) in [6.45, 7) is 3.50. The SMILES string of the molecule is NC(=O)c1cc(OC2CN(C3CCOC3)C2)ccn1. The molecule has 3 rings (SSSR count). The summed E-state index contributed by atoms with van der Waals surface area (Å²) in [5.41, 5.74) is 5.42. The molecule has 0 aromatic carbocycles. The molecular formula is C13H17N3O3. The summed E-state index contributed by atoms with van der Waals surface area (Å²) in [4.78, 5) is 17.3. The first kappa shape index (κ1) is 12.4. The van der Waals surface area contributed by atoms with Crippen molar-refractivity contribution < 1.29 is 14.3 Å². The summed E-state index contributed by atoms with van der Waals surface area (Å²) in [5, 5.41) is 0. The molecule has 1 atom stereocenters. The Hall–Kier alpha value is -1.66. The van der Waals surface area contributed by atoms with Crippen molar-refractivity contribution in [1.82, 2.24) is 9.88 Å². The molecule has 102 valence electrons. The van der Waals surface area contributed by atoms with Gasteiger partial charge >= 0.3 is 0 Å². The van der Waals surface area contributed by atoms with E-state index in [1.54, 1.807) is 12.1 Å². The number of nitrogens with two attached hydrogens (primary N) is 1. The highest BCUT2D eigenvalue weighted by Gasteiger charge is 2.35. The summed E-state index contributed by atoms with van der Waals surface area (Å²) in [6.07, 6.45) is 2.81. The molecule has 6 heteroatoms. The van der Waals surface area contributed by atoms with E-state index >= 15 is 0 Å². The summed E-state index contributed by atoms with van der Waals surface area (Å²) in [6, 6.07) is 3.87. The highest BCUT2D eigenvalue weighted by Crippen LogP contribution is 2.23. The second kappa shape index (κ2) is 5.14. The molecule has 0 radical (unpaired) electrons. The van der Waals surface area contributed by atoms with E-state index in [0.29, 0.717) is 11.8 Å². The molecule has 0 bridgehead atoms. The van der Waals surface area contributed by atoms with Crippen LogP contribution in [0.4, 0.5) is 0 Å². The predicted molar refractivity (Wildman–Crippen MR) is 68.0 cm³/mol. The van der Waals surface area contributed by atoms with Gasteiger partial charge in [0.2, 0.25) is 0 Å². The van der Waals surface area contributed by atoms with Crippen LogP contribution in [0.3, 0.4) is 0 Å². The number of carbonyl (C=O) groups is 1. The number of hydrogen-bond donors (Lipinski definition) is 1. The molecular weight excluding hydrogens is 246 g/mol. The van der Waals surface area contributed by atoms with Gasteiger partial charge in [-0.3, -0.25) is 14.7 Å². The Balaban J connectivity index is 1.53. The van der Waals surface area contributed by atoms with Crippen molar-refractivity contribution in [2.75, 3.05) is 26.3 Å². The molecule has 6 nitrogen and oxygen atoms in total. The van der Waals surface area contributed by atoms with Crippen LogP contribution in [0.2, 0.25) is 0 Å². The van der Waals surface area contributed by atoms with Crippen molar-refractivity contribution in [2.45, 2.75) is 18.6 Å². The van der Waals surface area contributed by atoms with Gasteiger partial charge in [-0.1, -0.05) is 0 Å². The van der Waals surface area contributed by atoms with Gasteiger partial charge in [0.05, 0.1) is 6.61 Å². The molecule has 2 saturated heterocycles. The second-order valence-corrected chi connectivity index (χ2v) is 4.95. The first-order valence-corrected chi connectivity index (χ1v) is 6.46. The zero-order chi connectivity index (χ0) is 13.2. The van der Waals surface area contributed by atoms with E-state index in [4.69, 9.17) is 15.2 Å². The van der Waals surface area contributed by atoms with E-state index in [2.05, 4.69) is 9.88 Å². The minimum atomic E-state index is -0.538. The highest BCUT2D eigenvalue weighted by atomic mass is 16.5. The number of pyridine rings is 1. The fourth-order valence-electron chi connectivity index (χ4n) is 2.46. The fourth-order valence-corrected chi connectivity index (χ4v) is 2.46. The zero-order valence-electron chi connectivity index (χ0n) is 10.6. The normalized spacial score (nSPS) is 24.1. The minimum Gasteiger partial charge on any atom is -0.488 e. The number of carbonyl (C=O) groups excluding carboxylic acids is 1. The smallest absolute Gasteiger partial charge is 0.267 e. The third-order valence-corrected chi connectivity index (χ3v) is 3.58. The molecule has 0 spiro atoms. The van der Waals surface area contributed by atoms with Gasteiger partial charge in [0, 0.05) is 38.0 Å². The zero-order valence-corrected chi connectivity index (χ0v) is 10.6. The lowest BCUT2D eigenvalue weighted by Crippen LogP contribution is -2.57. The maximum atomic E-state index is 11.0. The van der Waals surface area contributed by atoms with Gasteiger partial charge in [-0.15, -0.1) is 0 Å². The van der Waals surface area contributed by atoms with E-state index in [0.717, 1.165) is 32.7 Å². The van der Waals surface area contributed by atoms with Crippen LogP contribution < -0.4 is 10.5 Å². The minimum absolute atomic E-state index is 0.170. The Kier molecular flexibility index (Phi) is 3.35. The average molecular weight is 263 g/mol.